The first-order valence-electron chi connectivity index (χ1n) is 8.10. The molecule has 1 aromatic carbocycles. The molecule has 0 saturated carbocycles. The molecule has 1 unspecified atom stereocenters. The molecule has 0 aliphatic carbocycles. The minimum atomic E-state index is -0.631. The number of hydrogen-bond donors (Lipinski definition) is 2. The molecule has 1 aromatic rings. The number of nitrogens with one attached hydrogen (secondary N) is 2. The second-order valence-electron chi connectivity index (χ2n) is 6.25. The molecule has 1 fully saturated rings. The van der Waals surface area contributed by atoms with Gasteiger partial charge >= 0.3 is 0 Å². The van der Waals surface area contributed by atoms with Gasteiger partial charge in [-0.15, -0.1) is 0 Å². The van der Waals surface area contributed by atoms with Gasteiger partial charge in [-0.25, -0.2) is 4.99 Å². The summed E-state index contributed by atoms with van der Waals surface area (Å²) in [5.74, 6) is 0.950. The van der Waals surface area contributed by atoms with E-state index >= 15 is 0 Å². The van der Waals surface area contributed by atoms with Crippen molar-refractivity contribution >= 4 is 23.5 Å². The van der Waals surface area contributed by atoms with Gasteiger partial charge in [0.15, 0.2) is 0 Å². The van der Waals surface area contributed by atoms with Gasteiger partial charge < -0.3 is 10.2 Å². The first-order chi connectivity index (χ1) is 11.1. The van der Waals surface area contributed by atoms with Gasteiger partial charge in [-0.05, 0) is 30.9 Å². The molecule has 2 aliphatic heterocycles. The maximum Gasteiger partial charge on any atom is 0.252 e. The van der Waals surface area contributed by atoms with Crippen molar-refractivity contribution in [3.05, 3.63) is 30.3 Å². The highest BCUT2D eigenvalue weighted by Gasteiger charge is 2.32. The van der Waals surface area contributed by atoms with Crippen LogP contribution in [0.5, 0.6) is 0 Å². The maximum atomic E-state index is 12.1. The summed E-state index contributed by atoms with van der Waals surface area (Å²) < 4.78 is 0. The quantitative estimate of drug-likeness (QED) is 0.890. The number of carbonyl (C=O) groups excluding carboxylic acids is 2. The molecule has 2 heterocycles. The monoisotopic (exact) mass is 314 g/mol. The van der Waals surface area contributed by atoms with Crippen LogP contribution in [0.15, 0.2) is 35.3 Å². The van der Waals surface area contributed by atoms with Crippen LogP contribution in [0.4, 0.5) is 5.69 Å². The fraction of sp³-hybridized carbons (Fsp3) is 0.471. The van der Waals surface area contributed by atoms with Crippen molar-refractivity contribution in [2.75, 3.05) is 18.4 Å². The van der Waals surface area contributed by atoms with Gasteiger partial charge in [-0.3, -0.25) is 14.9 Å². The lowest BCUT2D eigenvalue weighted by Gasteiger charge is -2.31. The first kappa shape index (κ1) is 15.5. The van der Waals surface area contributed by atoms with E-state index in [2.05, 4.69) is 27.4 Å². The molecule has 23 heavy (non-hydrogen) atoms. The van der Waals surface area contributed by atoms with Crippen molar-refractivity contribution in [1.82, 2.24) is 10.2 Å². The summed E-state index contributed by atoms with van der Waals surface area (Å²) in [5, 5.41) is 5.60. The standard InChI is InChI=1S/C17H22N4O2/c1-12-7-9-21(10-8-12)17-19-14(16(23)20-17)11-15(22)18-13-5-3-2-4-6-13/h2-6,12,14H,7-11H2,1H3,(H,18,22)(H,19,20,23). The van der Waals surface area contributed by atoms with Gasteiger partial charge in [-0.2, -0.15) is 0 Å². The number of carbonyl (C=O) groups is 2. The lowest BCUT2D eigenvalue weighted by molar-refractivity contribution is -0.124. The SMILES string of the molecule is CC1CCN(C2=NC(CC(=O)Nc3ccccc3)C(=O)N2)CC1. The summed E-state index contributed by atoms with van der Waals surface area (Å²) >= 11 is 0. The zero-order valence-electron chi connectivity index (χ0n) is 13.3. The van der Waals surface area contributed by atoms with Crippen LogP contribution in [0.2, 0.25) is 0 Å². The Balaban J connectivity index is 1.57. The van der Waals surface area contributed by atoms with E-state index in [1.165, 1.54) is 0 Å². The summed E-state index contributed by atoms with van der Waals surface area (Å²) in [7, 11) is 0. The Labute approximate surface area is 136 Å². The van der Waals surface area contributed by atoms with Crippen LogP contribution in [-0.2, 0) is 9.59 Å². The van der Waals surface area contributed by atoms with E-state index in [9.17, 15) is 9.59 Å². The van der Waals surface area contributed by atoms with Crippen molar-refractivity contribution in [1.29, 1.82) is 0 Å². The molecule has 0 aromatic heterocycles. The third kappa shape index (κ3) is 3.88. The fourth-order valence-corrected chi connectivity index (χ4v) is 2.86. The minimum absolute atomic E-state index is 0.0640. The summed E-state index contributed by atoms with van der Waals surface area (Å²) in [4.78, 5) is 30.6. The Kier molecular flexibility index (Phi) is 4.60. The molecule has 6 heteroatoms. The van der Waals surface area contributed by atoms with Gasteiger partial charge in [0, 0.05) is 18.8 Å². The van der Waals surface area contributed by atoms with E-state index in [-0.39, 0.29) is 18.2 Å². The summed E-state index contributed by atoms with van der Waals surface area (Å²) in [6.07, 6.45) is 2.27. The third-order valence-corrected chi connectivity index (χ3v) is 4.34. The number of likely N-dealkylation sites (tertiary alicyclic amines) is 1. The van der Waals surface area contributed by atoms with Gasteiger partial charge in [-0.1, -0.05) is 25.1 Å². The highest BCUT2D eigenvalue weighted by Crippen LogP contribution is 2.18. The molecule has 0 radical (unpaired) electrons. The number of benzene rings is 1. The molecular weight excluding hydrogens is 292 g/mol. The Hall–Kier alpha value is -2.37. The Morgan fingerprint density at radius 1 is 1.30 bits per heavy atom. The lowest BCUT2D eigenvalue weighted by Crippen LogP contribution is -2.44. The number of piperidine rings is 1. The van der Waals surface area contributed by atoms with E-state index in [1.54, 1.807) is 0 Å². The number of rotatable bonds is 3. The number of amides is 2. The molecule has 1 saturated heterocycles. The number of aliphatic imine (C=N–C) groups is 1. The van der Waals surface area contributed by atoms with Crippen LogP contribution in [0.1, 0.15) is 26.2 Å². The molecule has 122 valence electrons. The molecule has 2 N–H and O–H groups in total. The molecule has 2 amide bonds. The number of guanidine groups is 1. The van der Waals surface area contributed by atoms with E-state index in [0.717, 1.165) is 37.5 Å². The van der Waals surface area contributed by atoms with Crippen molar-refractivity contribution in [2.45, 2.75) is 32.2 Å². The summed E-state index contributed by atoms with van der Waals surface area (Å²) in [6, 6.07) is 8.59. The molecule has 1 atom stereocenters. The topological polar surface area (TPSA) is 73.8 Å². The lowest BCUT2D eigenvalue weighted by atomic mass is 10.00. The number of hydrogen-bond acceptors (Lipinski definition) is 4. The van der Waals surface area contributed by atoms with E-state index in [1.807, 2.05) is 30.3 Å². The molecule has 2 aliphatic rings. The Morgan fingerprint density at radius 2 is 2.00 bits per heavy atom. The van der Waals surface area contributed by atoms with Crippen LogP contribution < -0.4 is 10.6 Å². The van der Waals surface area contributed by atoms with Crippen LogP contribution >= 0.6 is 0 Å². The maximum absolute atomic E-state index is 12.1. The normalized spacial score (nSPS) is 21.8. The van der Waals surface area contributed by atoms with Gasteiger partial charge in [0.05, 0.1) is 6.42 Å². The average Bonchev–Trinajstić information content (AvgIpc) is 2.90. The average molecular weight is 314 g/mol. The predicted molar refractivity (Wildman–Crippen MR) is 89.0 cm³/mol. The number of nitrogens with zero attached hydrogens (tertiary/aromatic N) is 2. The van der Waals surface area contributed by atoms with E-state index < -0.39 is 6.04 Å². The Bertz CT molecular complexity index is 606. The zero-order chi connectivity index (χ0) is 16.2. The van der Waals surface area contributed by atoms with Crippen LogP contribution in [0.25, 0.3) is 0 Å². The predicted octanol–water partition coefficient (Wildman–Crippen LogP) is 1.60. The van der Waals surface area contributed by atoms with Crippen LogP contribution in [-0.4, -0.2) is 41.8 Å². The molecule has 0 spiro atoms. The highest BCUT2D eigenvalue weighted by molar-refractivity contribution is 6.07. The van der Waals surface area contributed by atoms with Crippen molar-refractivity contribution in [3.63, 3.8) is 0 Å². The third-order valence-electron chi connectivity index (χ3n) is 4.34. The molecular formula is C17H22N4O2. The Morgan fingerprint density at radius 3 is 2.70 bits per heavy atom. The largest absolute Gasteiger partial charge is 0.343 e. The van der Waals surface area contributed by atoms with E-state index in [4.69, 9.17) is 0 Å². The first-order valence-corrected chi connectivity index (χ1v) is 8.10. The highest BCUT2D eigenvalue weighted by atomic mass is 16.2. The minimum Gasteiger partial charge on any atom is -0.343 e. The summed E-state index contributed by atoms with van der Waals surface area (Å²) in [5.41, 5.74) is 0.727. The van der Waals surface area contributed by atoms with Gasteiger partial charge in [0.25, 0.3) is 5.91 Å². The van der Waals surface area contributed by atoms with Gasteiger partial charge in [0.2, 0.25) is 11.9 Å². The zero-order valence-corrected chi connectivity index (χ0v) is 13.3. The van der Waals surface area contributed by atoms with Crippen molar-refractivity contribution in [2.24, 2.45) is 10.9 Å². The number of para-hydroxylation sites is 1. The molecule has 3 rings (SSSR count). The fourth-order valence-electron chi connectivity index (χ4n) is 2.86. The van der Waals surface area contributed by atoms with Crippen LogP contribution in [0.3, 0.4) is 0 Å². The number of anilines is 1. The molecule has 6 nitrogen and oxygen atoms in total. The second kappa shape index (κ2) is 6.81. The van der Waals surface area contributed by atoms with Crippen molar-refractivity contribution in [3.8, 4) is 0 Å². The second-order valence-corrected chi connectivity index (χ2v) is 6.25. The van der Waals surface area contributed by atoms with E-state index in [0.29, 0.717) is 5.96 Å². The van der Waals surface area contributed by atoms with Gasteiger partial charge in [0.1, 0.15) is 6.04 Å². The summed E-state index contributed by atoms with van der Waals surface area (Å²) in [6.45, 7) is 4.05. The smallest absolute Gasteiger partial charge is 0.252 e. The molecule has 0 bridgehead atoms. The van der Waals surface area contributed by atoms with Crippen molar-refractivity contribution < 1.29 is 9.59 Å². The van der Waals surface area contributed by atoms with Crippen LogP contribution in [0, 0.1) is 5.92 Å².